The van der Waals surface area contributed by atoms with Crippen LogP contribution in [0.4, 0.5) is 0 Å². The monoisotopic (exact) mass is 306 g/mol. The molecule has 0 spiro atoms. The molecule has 0 aliphatic carbocycles. The molecule has 22 heavy (non-hydrogen) atoms. The summed E-state index contributed by atoms with van der Waals surface area (Å²) < 4.78 is 6.10. The Morgan fingerprint density at radius 2 is 2.05 bits per heavy atom. The number of carbonyl (C=O) groups is 1. The van der Waals surface area contributed by atoms with Gasteiger partial charge in [-0.1, -0.05) is 13.8 Å². The van der Waals surface area contributed by atoms with Crippen LogP contribution in [0.25, 0.3) is 0 Å². The third-order valence-electron chi connectivity index (χ3n) is 4.15. The summed E-state index contributed by atoms with van der Waals surface area (Å²) in [6, 6.07) is 0.370. The molecule has 2 rings (SSSR count). The number of rotatable bonds is 4. The third kappa shape index (κ3) is 3.71. The lowest BCUT2D eigenvalue weighted by molar-refractivity contribution is -0.129. The Bertz CT molecular complexity index is 500. The minimum Gasteiger partial charge on any atom is -0.490 e. The number of nitrogens with zero attached hydrogens (tertiary/aromatic N) is 2. The molecule has 0 aromatic heterocycles. The fourth-order valence-electron chi connectivity index (χ4n) is 3.40. The van der Waals surface area contributed by atoms with Gasteiger partial charge in [0.25, 0.3) is 5.91 Å². The van der Waals surface area contributed by atoms with E-state index in [1.165, 1.54) is 0 Å². The lowest BCUT2D eigenvalue weighted by Gasteiger charge is -2.36. The number of hydrogen-bond donors (Lipinski definition) is 0. The second-order valence-electron chi connectivity index (χ2n) is 8.03. The first-order chi connectivity index (χ1) is 10.1. The van der Waals surface area contributed by atoms with Crippen molar-refractivity contribution in [2.75, 3.05) is 0 Å². The van der Waals surface area contributed by atoms with Gasteiger partial charge in [-0.3, -0.25) is 9.79 Å². The maximum Gasteiger partial charge on any atom is 0.250 e. The minimum absolute atomic E-state index is 0.0419. The predicted molar refractivity (Wildman–Crippen MR) is 90.0 cm³/mol. The fourth-order valence-corrected chi connectivity index (χ4v) is 3.40. The highest BCUT2D eigenvalue weighted by molar-refractivity contribution is 5.93. The zero-order chi connectivity index (χ0) is 16.7. The van der Waals surface area contributed by atoms with E-state index in [4.69, 9.17) is 4.74 Å². The van der Waals surface area contributed by atoms with E-state index in [1.54, 1.807) is 6.08 Å². The van der Waals surface area contributed by atoms with Gasteiger partial charge in [-0.15, -0.1) is 0 Å². The van der Waals surface area contributed by atoms with Crippen LogP contribution in [0.1, 0.15) is 61.3 Å². The zero-order valence-electron chi connectivity index (χ0n) is 15.0. The van der Waals surface area contributed by atoms with Crippen molar-refractivity contribution in [3.8, 4) is 0 Å². The molecule has 124 valence electrons. The smallest absolute Gasteiger partial charge is 0.250 e. The van der Waals surface area contributed by atoms with E-state index in [-0.39, 0.29) is 29.6 Å². The van der Waals surface area contributed by atoms with Gasteiger partial charge in [0.1, 0.15) is 11.4 Å². The third-order valence-corrected chi connectivity index (χ3v) is 4.15. The molecule has 0 saturated heterocycles. The van der Waals surface area contributed by atoms with Crippen LogP contribution in [0.3, 0.4) is 0 Å². The summed E-state index contributed by atoms with van der Waals surface area (Å²) in [5.74, 6) is 1.40. The van der Waals surface area contributed by atoms with Crippen LogP contribution >= 0.6 is 0 Å². The Balaban J connectivity index is 2.24. The summed E-state index contributed by atoms with van der Waals surface area (Å²) in [5, 5.41) is 0. The Kier molecular flexibility index (Phi) is 4.69. The molecule has 1 amide bonds. The van der Waals surface area contributed by atoms with Crippen molar-refractivity contribution in [2.24, 2.45) is 10.9 Å². The van der Waals surface area contributed by atoms with Crippen LogP contribution in [0.5, 0.6) is 0 Å². The molecule has 4 nitrogen and oxygen atoms in total. The molecule has 0 saturated carbocycles. The first-order valence-electron chi connectivity index (χ1n) is 8.34. The van der Waals surface area contributed by atoms with E-state index in [0.717, 1.165) is 24.3 Å². The first kappa shape index (κ1) is 17.0. The summed E-state index contributed by atoms with van der Waals surface area (Å²) in [5.41, 5.74) is 0.851. The number of ether oxygens (including phenoxy) is 1. The molecule has 4 heteroatoms. The van der Waals surface area contributed by atoms with Gasteiger partial charge >= 0.3 is 0 Å². The van der Waals surface area contributed by atoms with E-state index in [0.29, 0.717) is 5.92 Å². The molecule has 0 fully saturated rings. The molecule has 2 aliphatic heterocycles. The molecule has 0 aromatic carbocycles. The summed E-state index contributed by atoms with van der Waals surface area (Å²) in [6.45, 7) is 14.6. The quantitative estimate of drug-likeness (QED) is 0.797. The van der Waals surface area contributed by atoms with E-state index in [2.05, 4.69) is 32.7 Å². The maximum absolute atomic E-state index is 12.6. The van der Waals surface area contributed by atoms with E-state index < -0.39 is 0 Å². The van der Waals surface area contributed by atoms with Crippen LogP contribution in [0, 0.1) is 5.92 Å². The van der Waals surface area contributed by atoms with E-state index in [9.17, 15) is 4.79 Å². The van der Waals surface area contributed by atoms with Crippen molar-refractivity contribution in [3.63, 3.8) is 0 Å². The number of amides is 1. The Labute approximate surface area is 134 Å². The minimum atomic E-state index is -0.287. The molecule has 3 atom stereocenters. The fraction of sp³-hybridized carbons (Fsp3) is 0.778. The number of aliphatic imine (C=N–C) groups is 1. The highest BCUT2D eigenvalue weighted by Gasteiger charge is 2.43. The maximum atomic E-state index is 12.6. The van der Waals surface area contributed by atoms with Crippen molar-refractivity contribution in [3.05, 3.63) is 11.8 Å². The lowest BCUT2D eigenvalue weighted by Crippen LogP contribution is -2.47. The summed E-state index contributed by atoms with van der Waals surface area (Å²) >= 11 is 0. The lowest BCUT2D eigenvalue weighted by atomic mass is 9.98. The zero-order valence-corrected chi connectivity index (χ0v) is 15.0. The average molecular weight is 306 g/mol. The normalized spacial score (nSPS) is 29.2. The topological polar surface area (TPSA) is 41.9 Å². The van der Waals surface area contributed by atoms with Crippen LogP contribution in [0.15, 0.2) is 16.8 Å². The van der Waals surface area contributed by atoms with Gasteiger partial charge in [0.15, 0.2) is 0 Å². The Morgan fingerprint density at radius 1 is 1.41 bits per heavy atom. The van der Waals surface area contributed by atoms with Crippen molar-refractivity contribution >= 4 is 11.6 Å². The van der Waals surface area contributed by atoms with Crippen molar-refractivity contribution < 1.29 is 9.53 Å². The van der Waals surface area contributed by atoms with E-state index >= 15 is 0 Å². The van der Waals surface area contributed by atoms with Gasteiger partial charge in [-0.25, -0.2) is 0 Å². The van der Waals surface area contributed by atoms with Gasteiger partial charge in [-0.05, 0) is 47.0 Å². The van der Waals surface area contributed by atoms with Crippen LogP contribution in [-0.2, 0) is 9.53 Å². The molecule has 0 aromatic rings. The van der Waals surface area contributed by atoms with Gasteiger partial charge in [0, 0.05) is 18.2 Å². The molecule has 2 aliphatic rings. The highest BCUT2D eigenvalue weighted by atomic mass is 16.5. The van der Waals surface area contributed by atoms with Crippen molar-refractivity contribution in [1.82, 2.24) is 4.90 Å². The van der Waals surface area contributed by atoms with Crippen LogP contribution in [0.2, 0.25) is 0 Å². The summed E-state index contributed by atoms with van der Waals surface area (Å²) in [6.07, 6.45) is 3.49. The van der Waals surface area contributed by atoms with Crippen LogP contribution in [-0.4, -0.2) is 40.2 Å². The summed E-state index contributed by atoms with van der Waals surface area (Å²) in [4.78, 5) is 19.3. The van der Waals surface area contributed by atoms with Gasteiger partial charge in [0.05, 0.1) is 18.1 Å². The van der Waals surface area contributed by atoms with Gasteiger partial charge in [-0.2, -0.15) is 0 Å². The van der Waals surface area contributed by atoms with Gasteiger partial charge in [0.2, 0.25) is 0 Å². The first-order valence-corrected chi connectivity index (χ1v) is 8.34. The molecule has 0 N–H and O–H groups in total. The molecule has 0 radical (unpaired) electrons. The largest absolute Gasteiger partial charge is 0.490 e. The standard InChI is InChI=1S/C18H30N2O2/c1-11(2)8-15-16(22-18(5,6)7)10-17(21)20(15)14-9-12(3)19-13(14)4/h10-11,13-15H,8-9H2,1-7H3/t13-,14?,15-/m0/s1. The Morgan fingerprint density at radius 3 is 2.50 bits per heavy atom. The van der Waals surface area contributed by atoms with E-state index in [1.807, 2.05) is 25.7 Å². The Hall–Kier alpha value is -1.32. The second-order valence-corrected chi connectivity index (χ2v) is 8.03. The number of carbonyl (C=O) groups excluding carboxylic acids is 1. The number of hydrogen-bond acceptors (Lipinski definition) is 3. The SMILES string of the molecule is CC1=N[C@@H](C)C(N2C(=O)C=C(OC(C)(C)C)[C@@H]2CC(C)C)C1. The molecule has 1 unspecified atom stereocenters. The van der Waals surface area contributed by atoms with Crippen LogP contribution < -0.4 is 0 Å². The van der Waals surface area contributed by atoms with Crippen molar-refractivity contribution in [1.29, 1.82) is 0 Å². The van der Waals surface area contributed by atoms with Crippen molar-refractivity contribution in [2.45, 2.75) is 85.0 Å². The molecule has 0 bridgehead atoms. The molecule has 2 heterocycles. The predicted octanol–water partition coefficient (Wildman–Crippen LogP) is 3.56. The molecular weight excluding hydrogens is 276 g/mol. The van der Waals surface area contributed by atoms with Gasteiger partial charge < -0.3 is 9.64 Å². The summed E-state index contributed by atoms with van der Waals surface area (Å²) in [7, 11) is 0. The highest BCUT2D eigenvalue weighted by Crippen LogP contribution is 2.34. The average Bonchev–Trinajstić information content (AvgIpc) is 2.77. The second kappa shape index (κ2) is 6.05. The molecular formula is C18H30N2O2.